The van der Waals surface area contributed by atoms with Gasteiger partial charge in [0.1, 0.15) is 10.8 Å². The zero-order valence-electron chi connectivity index (χ0n) is 16.7. The maximum absolute atomic E-state index is 12.5. The fraction of sp³-hybridized carbons (Fsp3) is 0.273. The number of rotatable bonds is 9. The number of methoxy groups -OCH3 is 2. The second-order valence-electron chi connectivity index (χ2n) is 6.28. The molecule has 2 aromatic carbocycles. The Kier molecular flexibility index (Phi) is 7.08. The van der Waals surface area contributed by atoms with Crippen molar-refractivity contribution in [2.45, 2.75) is 19.8 Å². The van der Waals surface area contributed by atoms with Crippen LogP contribution in [0.2, 0.25) is 0 Å². The molecule has 0 aliphatic rings. The number of para-hydroxylation sites is 2. The van der Waals surface area contributed by atoms with Gasteiger partial charge < -0.3 is 19.5 Å². The number of aromatic nitrogens is 1. The molecule has 3 aromatic rings. The van der Waals surface area contributed by atoms with Gasteiger partial charge in [0.05, 0.1) is 38.6 Å². The zero-order valence-corrected chi connectivity index (χ0v) is 17.5. The number of anilines is 1. The van der Waals surface area contributed by atoms with Crippen molar-refractivity contribution in [1.29, 1.82) is 0 Å². The van der Waals surface area contributed by atoms with Crippen LogP contribution in [0.1, 0.15) is 19.0 Å². The second kappa shape index (κ2) is 9.93. The number of benzene rings is 2. The van der Waals surface area contributed by atoms with Crippen molar-refractivity contribution in [1.82, 2.24) is 4.98 Å². The molecule has 29 heavy (non-hydrogen) atoms. The number of carbonyl (C=O) groups excluding carboxylic acids is 1. The average Bonchev–Trinajstić information content (AvgIpc) is 3.20. The predicted octanol–water partition coefficient (Wildman–Crippen LogP) is 4.80. The summed E-state index contributed by atoms with van der Waals surface area (Å²) in [6, 6.07) is 13.1. The van der Waals surface area contributed by atoms with E-state index in [1.165, 1.54) is 11.3 Å². The van der Waals surface area contributed by atoms with Gasteiger partial charge in [0, 0.05) is 10.9 Å². The molecule has 152 valence electrons. The van der Waals surface area contributed by atoms with Crippen molar-refractivity contribution in [3.63, 3.8) is 0 Å². The number of ether oxygens (including phenoxy) is 3. The Hall–Kier alpha value is -3.06. The SMILES string of the molecule is CCCOc1ccccc1NC(=O)Cc1csc(-c2ccc(OC)c(OC)c2)n1. The minimum Gasteiger partial charge on any atom is -0.493 e. The van der Waals surface area contributed by atoms with E-state index in [9.17, 15) is 4.79 Å². The molecule has 0 saturated heterocycles. The van der Waals surface area contributed by atoms with Crippen LogP contribution in [0, 0.1) is 0 Å². The van der Waals surface area contributed by atoms with E-state index in [1.807, 2.05) is 54.8 Å². The molecule has 1 N–H and O–H groups in total. The van der Waals surface area contributed by atoms with E-state index < -0.39 is 0 Å². The monoisotopic (exact) mass is 412 g/mol. The summed E-state index contributed by atoms with van der Waals surface area (Å²) in [5.41, 5.74) is 2.29. The van der Waals surface area contributed by atoms with E-state index in [0.717, 1.165) is 17.0 Å². The van der Waals surface area contributed by atoms with Crippen molar-refractivity contribution in [2.24, 2.45) is 0 Å². The Bertz CT molecular complexity index is 971. The summed E-state index contributed by atoms with van der Waals surface area (Å²) < 4.78 is 16.3. The van der Waals surface area contributed by atoms with Crippen molar-refractivity contribution in [3.8, 4) is 27.8 Å². The number of nitrogens with zero attached hydrogens (tertiary/aromatic N) is 1. The maximum Gasteiger partial charge on any atom is 0.230 e. The summed E-state index contributed by atoms with van der Waals surface area (Å²) in [4.78, 5) is 17.1. The summed E-state index contributed by atoms with van der Waals surface area (Å²) in [6.45, 7) is 2.65. The Balaban J connectivity index is 1.68. The van der Waals surface area contributed by atoms with Crippen LogP contribution >= 0.6 is 11.3 Å². The number of hydrogen-bond acceptors (Lipinski definition) is 6. The average molecular weight is 413 g/mol. The molecule has 0 fully saturated rings. The zero-order chi connectivity index (χ0) is 20.6. The highest BCUT2D eigenvalue weighted by molar-refractivity contribution is 7.13. The smallest absolute Gasteiger partial charge is 0.230 e. The van der Waals surface area contributed by atoms with Gasteiger partial charge in [-0.05, 0) is 36.8 Å². The van der Waals surface area contributed by atoms with Gasteiger partial charge in [0.25, 0.3) is 0 Å². The highest BCUT2D eigenvalue weighted by Gasteiger charge is 2.13. The van der Waals surface area contributed by atoms with Crippen molar-refractivity contribution in [2.75, 3.05) is 26.1 Å². The normalized spacial score (nSPS) is 10.4. The van der Waals surface area contributed by atoms with E-state index in [0.29, 0.717) is 35.2 Å². The van der Waals surface area contributed by atoms with Gasteiger partial charge >= 0.3 is 0 Å². The molecule has 0 unspecified atom stereocenters. The molecule has 1 aromatic heterocycles. The van der Waals surface area contributed by atoms with Crippen LogP contribution in [0.25, 0.3) is 10.6 Å². The quantitative estimate of drug-likeness (QED) is 0.547. The molecule has 0 bridgehead atoms. The standard InChI is InChI=1S/C22H24N2O4S/c1-4-11-28-18-8-6-5-7-17(18)24-21(25)13-16-14-29-22(23-16)15-9-10-19(26-2)20(12-15)27-3/h5-10,12,14H,4,11,13H2,1-3H3,(H,24,25). The lowest BCUT2D eigenvalue weighted by molar-refractivity contribution is -0.115. The third kappa shape index (κ3) is 5.26. The van der Waals surface area contributed by atoms with Gasteiger partial charge in [0.15, 0.2) is 11.5 Å². The number of amides is 1. The Labute approximate surface area is 174 Å². The van der Waals surface area contributed by atoms with Gasteiger partial charge in [-0.1, -0.05) is 19.1 Å². The predicted molar refractivity (Wildman–Crippen MR) is 115 cm³/mol. The number of thiazole rings is 1. The van der Waals surface area contributed by atoms with E-state index in [2.05, 4.69) is 10.3 Å². The van der Waals surface area contributed by atoms with Crippen molar-refractivity contribution >= 4 is 22.9 Å². The van der Waals surface area contributed by atoms with Crippen molar-refractivity contribution in [3.05, 3.63) is 53.5 Å². The molecule has 0 aliphatic heterocycles. The van der Waals surface area contributed by atoms with Crippen LogP contribution in [0.3, 0.4) is 0 Å². The molecule has 0 radical (unpaired) electrons. The molecule has 0 aliphatic carbocycles. The molecule has 0 atom stereocenters. The van der Waals surface area contributed by atoms with Gasteiger partial charge in [-0.2, -0.15) is 0 Å². The van der Waals surface area contributed by atoms with Gasteiger partial charge in [-0.25, -0.2) is 4.98 Å². The Morgan fingerprint density at radius 3 is 2.62 bits per heavy atom. The highest BCUT2D eigenvalue weighted by Crippen LogP contribution is 2.33. The largest absolute Gasteiger partial charge is 0.493 e. The first-order valence-corrected chi connectivity index (χ1v) is 10.2. The van der Waals surface area contributed by atoms with Crippen LogP contribution in [0.15, 0.2) is 47.8 Å². The summed E-state index contributed by atoms with van der Waals surface area (Å²) in [5, 5.41) is 5.63. The highest BCUT2D eigenvalue weighted by atomic mass is 32.1. The number of carbonyl (C=O) groups is 1. The summed E-state index contributed by atoms with van der Waals surface area (Å²) >= 11 is 1.49. The molecule has 1 amide bonds. The third-order valence-electron chi connectivity index (χ3n) is 4.15. The lowest BCUT2D eigenvalue weighted by atomic mass is 10.2. The molecule has 0 spiro atoms. The van der Waals surface area contributed by atoms with Crippen LogP contribution in [0.4, 0.5) is 5.69 Å². The van der Waals surface area contributed by atoms with E-state index in [1.54, 1.807) is 14.2 Å². The van der Waals surface area contributed by atoms with Crippen LogP contribution in [-0.2, 0) is 11.2 Å². The fourth-order valence-corrected chi connectivity index (χ4v) is 3.57. The minimum atomic E-state index is -0.137. The van der Waals surface area contributed by atoms with Gasteiger partial charge in [-0.3, -0.25) is 4.79 Å². The van der Waals surface area contributed by atoms with Crippen LogP contribution in [0.5, 0.6) is 17.2 Å². The molecule has 3 rings (SSSR count). The van der Waals surface area contributed by atoms with E-state index >= 15 is 0 Å². The van der Waals surface area contributed by atoms with Gasteiger partial charge in [0.2, 0.25) is 5.91 Å². The topological polar surface area (TPSA) is 69.7 Å². The first-order chi connectivity index (χ1) is 14.1. The molecular formula is C22H24N2O4S. The lowest BCUT2D eigenvalue weighted by Gasteiger charge is -2.11. The fourth-order valence-electron chi connectivity index (χ4n) is 2.76. The van der Waals surface area contributed by atoms with E-state index in [-0.39, 0.29) is 12.3 Å². The molecular weight excluding hydrogens is 388 g/mol. The van der Waals surface area contributed by atoms with Gasteiger partial charge in [-0.15, -0.1) is 11.3 Å². The maximum atomic E-state index is 12.5. The minimum absolute atomic E-state index is 0.137. The summed E-state index contributed by atoms with van der Waals surface area (Å²) in [6.07, 6.45) is 1.09. The summed E-state index contributed by atoms with van der Waals surface area (Å²) in [5.74, 6) is 1.84. The number of hydrogen-bond donors (Lipinski definition) is 1. The lowest BCUT2D eigenvalue weighted by Crippen LogP contribution is -2.15. The molecule has 1 heterocycles. The molecule has 7 heteroatoms. The van der Waals surface area contributed by atoms with Crippen molar-refractivity contribution < 1.29 is 19.0 Å². The number of nitrogens with one attached hydrogen (secondary N) is 1. The molecule has 0 saturated carbocycles. The summed E-state index contributed by atoms with van der Waals surface area (Å²) in [7, 11) is 3.20. The van der Waals surface area contributed by atoms with Crippen LogP contribution < -0.4 is 19.5 Å². The Morgan fingerprint density at radius 2 is 1.86 bits per heavy atom. The first kappa shape index (κ1) is 20.7. The second-order valence-corrected chi connectivity index (χ2v) is 7.14. The molecule has 6 nitrogen and oxygen atoms in total. The van der Waals surface area contributed by atoms with Crippen LogP contribution in [-0.4, -0.2) is 31.7 Å². The Morgan fingerprint density at radius 1 is 1.07 bits per heavy atom. The third-order valence-corrected chi connectivity index (χ3v) is 5.09. The first-order valence-electron chi connectivity index (χ1n) is 9.33. The van der Waals surface area contributed by atoms with E-state index in [4.69, 9.17) is 14.2 Å².